The van der Waals surface area contributed by atoms with Crippen molar-refractivity contribution in [1.82, 2.24) is 24.9 Å². The van der Waals surface area contributed by atoms with Gasteiger partial charge in [0.1, 0.15) is 5.15 Å². The molecule has 0 unspecified atom stereocenters. The van der Waals surface area contributed by atoms with Gasteiger partial charge in [0.2, 0.25) is 0 Å². The van der Waals surface area contributed by atoms with Crippen LogP contribution in [-0.4, -0.2) is 25.6 Å². The quantitative estimate of drug-likeness (QED) is 0.915. The summed E-state index contributed by atoms with van der Waals surface area (Å²) in [4.78, 5) is 0. The van der Waals surface area contributed by atoms with Crippen LogP contribution in [0.2, 0.25) is 5.15 Å². The van der Waals surface area contributed by atoms with Gasteiger partial charge < -0.3 is 5.32 Å². The topological polar surface area (TPSA) is 47.7 Å². The number of nitrogens with one attached hydrogen (secondary N) is 1. The molecule has 0 aliphatic rings. The third kappa shape index (κ3) is 2.98. The van der Waals surface area contributed by atoms with Gasteiger partial charge in [0.25, 0.3) is 0 Å². The van der Waals surface area contributed by atoms with E-state index in [1.165, 1.54) is 0 Å². The maximum Gasteiger partial charge on any atom is 0.131 e. The van der Waals surface area contributed by atoms with Crippen LogP contribution < -0.4 is 5.32 Å². The van der Waals surface area contributed by atoms with E-state index >= 15 is 0 Å². The lowest BCUT2D eigenvalue weighted by Gasteiger charge is -2.21. The van der Waals surface area contributed by atoms with Crippen molar-refractivity contribution in [3.8, 4) is 0 Å². The van der Waals surface area contributed by atoms with E-state index in [1.54, 1.807) is 10.9 Å². The number of hydrogen-bond acceptors (Lipinski definition) is 3. The summed E-state index contributed by atoms with van der Waals surface area (Å²) in [5.41, 5.74) is 2.03. The molecule has 0 saturated heterocycles. The average Bonchev–Trinajstić information content (AvgIpc) is 2.97. The van der Waals surface area contributed by atoms with E-state index in [1.807, 2.05) is 30.9 Å². The normalized spacial score (nSPS) is 14.6. The van der Waals surface area contributed by atoms with Crippen LogP contribution in [0.4, 0.5) is 0 Å². The Morgan fingerprint density at radius 2 is 2.16 bits per heavy atom. The predicted molar refractivity (Wildman–Crippen MR) is 76.2 cm³/mol. The lowest BCUT2D eigenvalue weighted by molar-refractivity contribution is 0.365. The Labute approximate surface area is 118 Å². The number of aryl methyl sites for hydroxylation is 2. The van der Waals surface area contributed by atoms with Crippen molar-refractivity contribution >= 4 is 11.6 Å². The third-order valence-electron chi connectivity index (χ3n) is 3.54. The second kappa shape index (κ2) is 5.75. The highest BCUT2D eigenvalue weighted by Crippen LogP contribution is 2.19. The SMILES string of the molecule is Cc1nn(C)c(Cl)c1CN[C@H](C)[C@H](C)n1cccn1. The molecular formula is C13H20ClN5. The molecule has 0 aliphatic carbocycles. The van der Waals surface area contributed by atoms with Crippen LogP contribution in [0, 0.1) is 6.92 Å². The van der Waals surface area contributed by atoms with E-state index in [2.05, 4.69) is 29.4 Å². The zero-order valence-electron chi connectivity index (χ0n) is 11.8. The van der Waals surface area contributed by atoms with Gasteiger partial charge in [-0.2, -0.15) is 10.2 Å². The monoisotopic (exact) mass is 281 g/mol. The van der Waals surface area contributed by atoms with Crippen molar-refractivity contribution in [1.29, 1.82) is 0 Å². The minimum atomic E-state index is 0.283. The van der Waals surface area contributed by atoms with Crippen molar-refractivity contribution in [2.75, 3.05) is 0 Å². The highest BCUT2D eigenvalue weighted by atomic mass is 35.5. The van der Waals surface area contributed by atoms with Gasteiger partial charge in [-0.1, -0.05) is 11.6 Å². The van der Waals surface area contributed by atoms with Crippen molar-refractivity contribution in [2.24, 2.45) is 7.05 Å². The van der Waals surface area contributed by atoms with Crippen molar-refractivity contribution in [3.05, 3.63) is 34.9 Å². The van der Waals surface area contributed by atoms with Crippen LogP contribution in [0.3, 0.4) is 0 Å². The minimum Gasteiger partial charge on any atom is -0.308 e. The number of halogens is 1. The first-order chi connectivity index (χ1) is 9.00. The first kappa shape index (κ1) is 14.1. The lowest BCUT2D eigenvalue weighted by atomic mass is 10.1. The molecule has 0 fully saturated rings. The summed E-state index contributed by atoms with van der Waals surface area (Å²) >= 11 is 6.22. The fourth-order valence-electron chi connectivity index (χ4n) is 2.06. The fourth-order valence-corrected chi connectivity index (χ4v) is 2.30. The molecule has 0 amide bonds. The molecule has 2 heterocycles. The minimum absolute atomic E-state index is 0.283. The lowest BCUT2D eigenvalue weighted by Crippen LogP contribution is -2.33. The maximum atomic E-state index is 6.22. The first-order valence-electron chi connectivity index (χ1n) is 6.41. The Kier molecular flexibility index (Phi) is 4.27. The summed E-state index contributed by atoms with van der Waals surface area (Å²) in [6, 6.07) is 2.51. The number of nitrogens with zero attached hydrogens (tertiary/aromatic N) is 4. The molecule has 2 aromatic rings. The summed E-state index contributed by atoms with van der Waals surface area (Å²) < 4.78 is 3.66. The Balaban J connectivity index is 1.98. The molecule has 104 valence electrons. The molecule has 0 spiro atoms. The van der Waals surface area contributed by atoms with E-state index in [9.17, 15) is 0 Å². The van der Waals surface area contributed by atoms with Crippen molar-refractivity contribution < 1.29 is 0 Å². The molecule has 2 aromatic heterocycles. The zero-order chi connectivity index (χ0) is 14.0. The Morgan fingerprint density at radius 3 is 2.68 bits per heavy atom. The summed E-state index contributed by atoms with van der Waals surface area (Å²) in [5.74, 6) is 0. The van der Waals surface area contributed by atoms with E-state index in [0.29, 0.717) is 11.7 Å². The predicted octanol–water partition coefficient (Wildman–Crippen LogP) is 2.32. The fraction of sp³-hybridized carbons (Fsp3) is 0.538. The summed E-state index contributed by atoms with van der Waals surface area (Å²) in [7, 11) is 1.86. The molecule has 2 rings (SSSR count). The molecule has 1 N–H and O–H groups in total. The van der Waals surface area contributed by atoms with E-state index < -0.39 is 0 Å². The smallest absolute Gasteiger partial charge is 0.131 e. The highest BCUT2D eigenvalue weighted by molar-refractivity contribution is 6.30. The third-order valence-corrected chi connectivity index (χ3v) is 4.01. The molecule has 0 bridgehead atoms. The second-order valence-electron chi connectivity index (χ2n) is 4.87. The molecule has 0 aliphatic heterocycles. The molecule has 2 atom stereocenters. The van der Waals surface area contributed by atoms with Gasteiger partial charge in [-0.3, -0.25) is 9.36 Å². The highest BCUT2D eigenvalue weighted by Gasteiger charge is 2.16. The van der Waals surface area contributed by atoms with Gasteiger partial charge >= 0.3 is 0 Å². The largest absolute Gasteiger partial charge is 0.308 e. The van der Waals surface area contributed by atoms with Gasteiger partial charge in [-0.25, -0.2) is 0 Å². The number of rotatable bonds is 5. The Morgan fingerprint density at radius 1 is 1.42 bits per heavy atom. The molecule has 6 heteroatoms. The summed E-state index contributed by atoms with van der Waals surface area (Å²) in [5, 5.41) is 12.8. The van der Waals surface area contributed by atoms with Crippen LogP contribution in [0.15, 0.2) is 18.5 Å². The van der Waals surface area contributed by atoms with E-state index in [-0.39, 0.29) is 12.1 Å². The van der Waals surface area contributed by atoms with Gasteiger partial charge in [-0.15, -0.1) is 0 Å². The standard InChI is InChI=1S/C13H20ClN5/c1-9(11(3)19-7-5-6-16-19)15-8-12-10(2)17-18(4)13(12)14/h5-7,9,11,15H,8H2,1-4H3/t9-,11+/m1/s1. The zero-order valence-corrected chi connectivity index (χ0v) is 12.5. The molecule has 0 saturated carbocycles. The van der Waals surface area contributed by atoms with Crippen LogP contribution >= 0.6 is 11.6 Å². The van der Waals surface area contributed by atoms with Crippen molar-refractivity contribution in [3.63, 3.8) is 0 Å². The van der Waals surface area contributed by atoms with Gasteiger partial charge in [0, 0.05) is 37.6 Å². The van der Waals surface area contributed by atoms with Crippen molar-refractivity contribution in [2.45, 2.75) is 39.4 Å². The molecule has 19 heavy (non-hydrogen) atoms. The van der Waals surface area contributed by atoms with E-state index in [4.69, 9.17) is 11.6 Å². The van der Waals surface area contributed by atoms with Crippen LogP contribution in [-0.2, 0) is 13.6 Å². The maximum absolute atomic E-state index is 6.22. The Hall–Kier alpha value is -1.33. The average molecular weight is 282 g/mol. The molecule has 0 aromatic carbocycles. The number of hydrogen-bond donors (Lipinski definition) is 1. The van der Waals surface area contributed by atoms with Gasteiger partial charge in [-0.05, 0) is 26.8 Å². The molecule has 5 nitrogen and oxygen atoms in total. The Bertz CT molecular complexity index is 531. The van der Waals surface area contributed by atoms with Crippen LogP contribution in [0.25, 0.3) is 0 Å². The summed E-state index contributed by atoms with van der Waals surface area (Å²) in [6.45, 7) is 6.98. The van der Waals surface area contributed by atoms with E-state index in [0.717, 1.165) is 11.3 Å². The second-order valence-corrected chi connectivity index (χ2v) is 5.23. The van der Waals surface area contributed by atoms with Gasteiger partial charge in [0.05, 0.1) is 11.7 Å². The van der Waals surface area contributed by atoms with Crippen LogP contribution in [0.5, 0.6) is 0 Å². The van der Waals surface area contributed by atoms with Crippen LogP contribution in [0.1, 0.15) is 31.1 Å². The molecular weight excluding hydrogens is 262 g/mol. The number of aromatic nitrogens is 4. The first-order valence-corrected chi connectivity index (χ1v) is 6.79. The van der Waals surface area contributed by atoms with Gasteiger partial charge in [0.15, 0.2) is 0 Å². The molecule has 0 radical (unpaired) electrons. The summed E-state index contributed by atoms with van der Waals surface area (Å²) in [6.07, 6.45) is 3.77.